The minimum Gasteiger partial charge on any atom is -0.355 e. The largest absolute Gasteiger partial charge is 0.355 e. The molecule has 2 amide bonds. The van der Waals surface area contributed by atoms with Gasteiger partial charge in [-0.2, -0.15) is 0 Å². The molecule has 7 heteroatoms. The highest BCUT2D eigenvalue weighted by molar-refractivity contribution is 8.00. The summed E-state index contributed by atoms with van der Waals surface area (Å²) in [5, 5.41) is 5.21. The van der Waals surface area contributed by atoms with Gasteiger partial charge in [-0.25, -0.2) is 0 Å². The lowest BCUT2D eigenvalue weighted by Crippen LogP contribution is -2.46. The molecule has 0 aliphatic carbocycles. The Morgan fingerprint density at radius 3 is 2.74 bits per heavy atom. The molecule has 0 radical (unpaired) electrons. The summed E-state index contributed by atoms with van der Waals surface area (Å²) >= 11 is 1.55. The molecule has 5 nitrogen and oxygen atoms in total. The van der Waals surface area contributed by atoms with Crippen LogP contribution in [0.15, 0.2) is 47.4 Å². The lowest BCUT2D eigenvalue weighted by molar-refractivity contribution is -0.133. The van der Waals surface area contributed by atoms with Crippen LogP contribution in [-0.4, -0.2) is 48.6 Å². The Morgan fingerprint density at radius 1 is 1.19 bits per heavy atom. The van der Waals surface area contributed by atoms with Gasteiger partial charge in [0.25, 0.3) is 0 Å². The minimum atomic E-state index is -0.120. The van der Waals surface area contributed by atoms with E-state index in [2.05, 4.69) is 35.6 Å². The predicted molar refractivity (Wildman–Crippen MR) is 113 cm³/mol. The van der Waals surface area contributed by atoms with E-state index in [1.165, 1.54) is 10.8 Å². The molecule has 1 fully saturated rings. The maximum absolute atomic E-state index is 12.6. The Kier molecular flexibility index (Phi) is 8.41. The molecule has 1 unspecified atom stereocenters. The first-order valence-electron chi connectivity index (χ1n) is 9.04. The number of nitrogens with two attached hydrogens (primary N) is 1. The molecular weight excluding hydrogens is 382 g/mol. The normalized spacial score (nSPS) is 16.6. The first-order chi connectivity index (χ1) is 12.7. The predicted octanol–water partition coefficient (Wildman–Crippen LogP) is 2.67. The number of hydrogen-bond acceptors (Lipinski definition) is 4. The number of rotatable bonds is 6. The maximum Gasteiger partial charge on any atom is 0.232 e. The van der Waals surface area contributed by atoms with E-state index >= 15 is 0 Å². The summed E-state index contributed by atoms with van der Waals surface area (Å²) in [5.41, 5.74) is 5.43. The molecular formula is C20H26ClN3O2S. The van der Waals surface area contributed by atoms with Crippen LogP contribution in [0.2, 0.25) is 0 Å². The van der Waals surface area contributed by atoms with Gasteiger partial charge < -0.3 is 16.0 Å². The second-order valence-electron chi connectivity index (χ2n) is 6.56. The van der Waals surface area contributed by atoms with E-state index in [0.717, 1.165) is 24.3 Å². The number of fused-ring (bicyclic) bond motifs is 1. The smallest absolute Gasteiger partial charge is 0.232 e. The fourth-order valence-corrected chi connectivity index (χ4v) is 4.10. The van der Waals surface area contributed by atoms with Gasteiger partial charge in [0.05, 0.1) is 11.7 Å². The van der Waals surface area contributed by atoms with Crippen LogP contribution in [0.1, 0.15) is 12.8 Å². The van der Waals surface area contributed by atoms with Crippen molar-refractivity contribution in [3.05, 3.63) is 42.5 Å². The second kappa shape index (κ2) is 10.5. The van der Waals surface area contributed by atoms with Gasteiger partial charge >= 0.3 is 0 Å². The van der Waals surface area contributed by atoms with Crippen LogP contribution in [0.25, 0.3) is 10.8 Å². The number of nitrogens with zero attached hydrogens (tertiary/aromatic N) is 1. The number of amides is 2. The average Bonchev–Trinajstić information content (AvgIpc) is 2.70. The van der Waals surface area contributed by atoms with Crippen LogP contribution in [-0.2, 0) is 9.59 Å². The zero-order valence-corrected chi connectivity index (χ0v) is 16.9. The van der Waals surface area contributed by atoms with Gasteiger partial charge in [-0.1, -0.05) is 30.3 Å². The molecule has 3 N–H and O–H groups in total. The molecule has 3 rings (SSSR count). The highest BCUT2D eigenvalue weighted by Gasteiger charge is 2.28. The van der Waals surface area contributed by atoms with Gasteiger partial charge in [0.2, 0.25) is 11.8 Å². The van der Waals surface area contributed by atoms with Crippen LogP contribution < -0.4 is 11.1 Å². The van der Waals surface area contributed by atoms with Gasteiger partial charge in [0.15, 0.2) is 0 Å². The van der Waals surface area contributed by atoms with Gasteiger partial charge in [0, 0.05) is 31.1 Å². The molecule has 2 aromatic carbocycles. The van der Waals surface area contributed by atoms with Crippen molar-refractivity contribution in [1.82, 2.24) is 10.2 Å². The topological polar surface area (TPSA) is 75.4 Å². The Balaban J connectivity index is 0.00000261. The SMILES string of the molecule is Cl.NCCNC(=O)C1CCCN(C(=O)CSc2ccc3ccccc3c2)C1. The number of likely N-dealkylation sites (tertiary alicyclic amines) is 1. The van der Waals surface area contributed by atoms with Crippen molar-refractivity contribution in [3.8, 4) is 0 Å². The Morgan fingerprint density at radius 2 is 1.96 bits per heavy atom. The number of thioether (sulfide) groups is 1. The van der Waals surface area contributed by atoms with Crippen molar-refractivity contribution < 1.29 is 9.59 Å². The Hall–Kier alpha value is -1.76. The third kappa shape index (κ3) is 5.86. The van der Waals surface area contributed by atoms with Gasteiger partial charge in [-0.15, -0.1) is 24.2 Å². The van der Waals surface area contributed by atoms with E-state index in [-0.39, 0.29) is 30.1 Å². The van der Waals surface area contributed by atoms with Crippen LogP contribution in [0.4, 0.5) is 0 Å². The van der Waals surface area contributed by atoms with Gasteiger partial charge in [0.1, 0.15) is 0 Å². The van der Waals surface area contributed by atoms with Crippen molar-refractivity contribution in [1.29, 1.82) is 0 Å². The number of halogens is 1. The molecule has 1 aliphatic heterocycles. The van der Waals surface area contributed by atoms with E-state index in [1.807, 2.05) is 17.0 Å². The third-order valence-electron chi connectivity index (χ3n) is 4.67. The molecule has 0 bridgehead atoms. The number of carbonyl (C=O) groups excluding carboxylic acids is 2. The van der Waals surface area contributed by atoms with E-state index in [1.54, 1.807) is 11.8 Å². The van der Waals surface area contributed by atoms with Gasteiger partial charge in [-0.3, -0.25) is 9.59 Å². The lowest BCUT2D eigenvalue weighted by atomic mass is 9.97. The summed E-state index contributed by atoms with van der Waals surface area (Å²) in [5.74, 6) is 0.384. The summed E-state index contributed by atoms with van der Waals surface area (Å²) in [6, 6.07) is 14.5. The van der Waals surface area contributed by atoms with Crippen molar-refractivity contribution in [2.45, 2.75) is 17.7 Å². The molecule has 146 valence electrons. The van der Waals surface area contributed by atoms with Crippen LogP contribution in [0.5, 0.6) is 0 Å². The van der Waals surface area contributed by atoms with Crippen LogP contribution >= 0.6 is 24.2 Å². The Bertz CT molecular complexity index is 787. The monoisotopic (exact) mass is 407 g/mol. The van der Waals surface area contributed by atoms with E-state index in [0.29, 0.717) is 25.4 Å². The van der Waals surface area contributed by atoms with Crippen molar-refractivity contribution in [2.75, 3.05) is 31.9 Å². The molecule has 27 heavy (non-hydrogen) atoms. The highest BCUT2D eigenvalue weighted by atomic mass is 35.5. The zero-order valence-electron chi connectivity index (χ0n) is 15.2. The quantitative estimate of drug-likeness (QED) is 0.722. The van der Waals surface area contributed by atoms with E-state index in [4.69, 9.17) is 5.73 Å². The summed E-state index contributed by atoms with van der Waals surface area (Å²) < 4.78 is 0. The molecule has 1 saturated heterocycles. The maximum atomic E-state index is 12.6. The molecule has 1 aliphatic rings. The van der Waals surface area contributed by atoms with Crippen molar-refractivity contribution >= 4 is 46.8 Å². The summed E-state index contributed by atoms with van der Waals surface area (Å²) in [6.07, 6.45) is 1.70. The fraction of sp³-hybridized carbons (Fsp3) is 0.400. The Labute approximate surface area is 170 Å². The van der Waals surface area contributed by atoms with Gasteiger partial charge in [-0.05, 0) is 35.7 Å². The molecule has 2 aromatic rings. The molecule has 0 saturated carbocycles. The average molecular weight is 408 g/mol. The second-order valence-corrected chi connectivity index (χ2v) is 7.60. The van der Waals surface area contributed by atoms with Crippen molar-refractivity contribution in [2.24, 2.45) is 11.7 Å². The van der Waals surface area contributed by atoms with Crippen LogP contribution in [0, 0.1) is 5.92 Å². The molecule has 1 atom stereocenters. The summed E-state index contributed by atoms with van der Waals surface area (Å²) in [6.45, 7) is 2.16. The number of hydrogen-bond donors (Lipinski definition) is 2. The third-order valence-corrected chi connectivity index (χ3v) is 5.65. The summed E-state index contributed by atoms with van der Waals surface area (Å²) in [7, 11) is 0. The standard InChI is InChI=1S/C20H25N3O2S.ClH/c21-9-10-22-20(25)17-6-3-11-23(13-17)19(24)14-26-18-8-7-15-4-1-2-5-16(15)12-18;/h1-2,4-5,7-8,12,17H,3,6,9-11,13-14,21H2,(H,22,25);1H. The number of benzene rings is 2. The number of nitrogens with one attached hydrogen (secondary N) is 1. The number of piperidine rings is 1. The summed E-state index contributed by atoms with van der Waals surface area (Å²) in [4.78, 5) is 27.6. The first kappa shape index (κ1) is 21.5. The molecule has 0 spiro atoms. The fourth-order valence-electron chi connectivity index (χ4n) is 3.25. The van der Waals surface area contributed by atoms with Crippen LogP contribution in [0.3, 0.4) is 0 Å². The van der Waals surface area contributed by atoms with Crippen molar-refractivity contribution in [3.63, 3.8) is 0 Å². The number of carbonyl (C=O) groups is 2. The van der Waals surface area contributed by atoms with E-state index in [9.17, 15) is 9.59 Å². The highest BCUT2D eigenvalue weighted by Crippen LogP contribution is 2.25. The zero-order chi connectivity index (χ0) is 18.4. The lowest BCUT2D eigenvalue weighted by Gasteiger charge is -2.32. The van der Waals surface area contributed by atoms with E-state index < -0.39 is 0 Å². The minimum absolute atomic E-state index is 0. The molecule has 1 heterocycles. The first-order valence-corrected chi connectivity index (χ1v) is 10.0. The molecule has 0 aromatic heterocycles.